The quantitative estimate of drug-likeness (QED) is 0.706. The summed E-state index contributed by atoms with van der Waals surface area (Å²) >= 11 is 0. The lowest BCUT2D eigenvalue weighted by atomic mass is 9.64. The lowest BCUT2D eigenvalue weighted by molar-refractivity contribution is -0.156. The molecule has 6 atom stereocenters. The number of rotatable bonds is 6. The molecule has 2 heterocycles. The number of carboxylic acids is 2. The van der Waals surface area contributed by atoms with Crippen LogP contribution in [-0.2, 0) is 19.1 Å². The van der Waals surface area contributed by atoms with E-state index in [0.29, 0.717) is 32.5 Å². The third-order valence-corrected chi connectivity index (χ3v) is 4.84. The molecule has 2 N–H and O–H groups in total. The smallest absolute Gasteiger partial charge is 0.307 e. The second-order valence-corrected chi connectivity index (χ2v) is 6.19. The first-order chi connectivity index (χ1) is 9.56. The van der Waals surface area contributed by atoms with Gasteiger partial charge in [-0.15, -0.1) is 0 Å². The molecular formula is C14H20O6. The predicted molar refractivity (Wildman–Crippen MR) is 67.2 cm³/mol. The van der Waals surface area contributed by atoms with Gasteiger partial charge in [0.1, 0.15) is 0 Å². The van der Waals surface area contributed by atoms with Crippen molar-refractivity contribution in [3.05, 3.63) is 0 Å². The van der Waals surface area contributed by atoms with Gasteiger partial charge < -0.3 is 19.7 Å². The van der Waals surface area contributed by atoms with Crippen LogP contribution in [0.4, 0.5) is 0 Å². The van der Waals surface area contributed by atoms with Crippen molar-refractivity contribution in [1.82, 2.24) is 0 Å². The van der Waals surface area contributed by atoms with E-state index in [2.05, 4.69) is 0 Å². The van der Waals surface area contributed by atoms with Crippen LogP contribution in [0.5, 0.6) is 0 Å². The molecule has 6 heteroatoms. The molecule has 20 heavy (non-hydrogen) atoms. The number of carboxylic acid groups (broad SMARTS) is 2. The molecule has 6 unspecified atom stereocenters. The van der Waals surface area contributed by atoms with E-state index in [0.717, 1.165) is 6.42 Å². The van der Waals surface area contributed by atoms with Crippen LogP contribution in [0.15, 0.2) is 0 Å². The first-order valence-corrected chi connectivity index (χ1v) is 7.25. The maximum atomic E-state index is 11.7. The Kier molecular flexibility index (Phi) is 3.69. The minimum absolute atomic E-state index is 0.0272. The molecule has 0 bridgehead atoms. The lowest BCUT2D eigenvalue weighted by Crippen LogP contribution is -2.43. The van der Waals surface area contributed by atoms with Crippen LogP contribution in [0.25, 0.3) is 0 Å². The van der Waals surface area contributed by atoms with Crippen molar-refractivity contribution in [3.63, 3.8) is 0 Å². The molecule has 0 spiro atoms. The number of aliphatic carboxylic acids is 2. The number of hydrogen-bond acceptors (Lipinski definition) is 4. The van der Waals surface area contributed by atoms with E-state index in [1.54, 1.807) is 0 Å². The van der Waals surface area contributed by atoms with Crippen molar-refractivity contribution in [2.24, 2.45) is 23.7 Å². The summed E-state index contributed by atoms with van der Waals surface area (Å²) in [5.74, 6) is -3.18. The number of epoxide rings is 2. The Hall–Kier alpha value is -1.14. The highest BCUT2D eigenvalue weighted by Crippen LogP contribution is 2.45. The van der Waals surface area contributed by atoms with Gasteiger partial charge in [-0.05, 0) is 37.5 Å². The zero-order valence-electron chi connectivity index (χ0n) is 11.2. The van der Waals surface area contributed by atoms with Crippen molar-refractivity contribution in [2.75, 3.05) is 13.2 Å². The minimum atomic E-state index is -0.872. The molecule has 1 aliphatic carbocycles. The van der Waals surface area contributed by atoms with E-state index in [1.807, 2.05) is 0 Å². The molecule has 3 fully saturated rings. The van der Waals surface area contributed by atoms with Crippen LogP contribution in [0, 0.1) is 23.7 Å². The summed E-state index contributed by atoms with van der Waals surface area (Å²) in [6, 6.07) is 0. The van der Waals surface area contributed by atoms with Crippen LogP contribution in [0.2, 0.25) is 0 Å². The van der Waals surface area contributed by atoms with Gasteiger partial charge in [0.25, 0.3) is 0 Å². The normalized spacial score (nSPS) is 43.0. The van der Waals surface area contributed by atoms with Crippen molar-refractivity contribution in [3.8, 4) is 0 Å². The maximum absolute atomic E-state index is 11.7. The van der Waals surface area contributed by atoms with E-state index >= 15 is 0 Å². The van der Waals surface area contributed by atoms with Crippen molar-refractivity contribution in [2.45, 2.75) is 37.9 Å². The first-order valence-electron chi connectivity index (χ1n) is 7.25. The molecule has 2 aliphatic heterocycles. The Bertz CT molecular complexity index is 400. The van der Waals surface area contributed by atoms with E-state index in [9.17, 15) is 19.8 Å². The average Bonchev–Trinajstić information content (AvgIpc) is 3.23. The molecular weight excluding hydrogens is 264 g/mol. The second kappa shape index (κ2) is 5.33. The minimum Gasteiger partial charge on any atom is -0.481 e. The molecule has 0 radical (unpaired) electrons. The van der Waals surface area contributed by atoms with E-state index < -0.39 is 23.8 Å². The van der Waals surface area contributed by atoms with E-state index in [-0.39, 0.29) is 24.0 Å². The van der Waals surface area contributed by atoms with Crippen LogP contribution in [0.3, 0.4) is 0 Å². The van der Waals surface area contributed by atoms with Crippen molar-refractivity contribution >= 4 is 11.9 Å². The highest BCUT2D eigenvalue weighted by molar-refractivity contribution is 5.75. The fourth-order valence-corrected chi connectivity index (χ4v) is 3.70. The van der Waals surface area contributed by atoms with Crippen LogP contribution in [0.1, 0.15) is 25.7 Å². The van der Waals surface area contributed by atoms with Gasteiger partial charge in [0.15, 0.2) is 0 Å². The molecule has 3 rings (SSSR count). The summed E-state index contributed by atoms with van der Waals surface area (Å²) < 4.78 is 10.4. The molecule has 0 aromatic carbocycles. The molecule has 1 saturated carbocycles. The largest absolute Gasteiger partial charge is 0.481 e. The Morgan fingerprint density at radius 2 is 1.55 bits per heavy atom. The Morgan fingerprint density at radius 1 is 0.950 bits per heavy atom. The topological polar surface area (TPSA) is 99.7 Å². The highest BCUT2D eigenvalue weighted by atomic mass is 16.6. The third kappa shape index (κ3) is 2.96. The summed E-state index contributed by atoms with van der Waals surface area (Å²) in [5.41, 5.74) is 0. The van der Waals surface area contributed by atoms with Gasteiger partial charge in [0.05, 0.1) is 37.3 Å². The number of carbonyl (C=O) groups is 2. The molecule has 3 aliphatic rings. The Balaban J connectivity index is 1.77. The number of hydrogen-bond donors (Lipinski definition) is 2. The SMILES string of the molecule is O=C(O)C1CCC(CC2CO2)C(C(=O)O)C1CC1CO1. The Labute approximate surface area is 117 Å². The standard InChI is InChI=1S/C14H20O6/c15-13(16)10-2-1-7(3-8-5-19-8)12(14(17)18)11(10)4-9-6-20-9/h7-12H,1-6H2,(H,15,16)(H,17,18). The fraction of sp³-hybridized carbons (Fsp3) is 0.857. The van der Waals surface area contributed by atoms with Gasteiger partial charge in [-0.1, -0.05) is 0 Å². The summed E-state index contributed by atoms with van der Waals surface area (Å²) in [5, 5.41) is 18.9. The highest BCUT2D eigenvalue weighted by Gasteiger charge is 2.49. The zero-order valence-corrected chi connectivity index (χ0v) is 11.2. The molecule has 112 valence electrons. The van der Waals surface area contributed by atoms with Gasteiger partial charge in [-0.2, -0.15) is 0 Å². The monoisotopic (exact) mass is 284 g/mol. The summed E-state index contributed by atoms with van der Waals surface area (Å²) in [4.78, 5) is 23.1. The second-order valence-electron chi connectivity index (χ2n) is 6.19. The first kappa shape index (κ1) is 13.8. The molecule has 0 amide bonds. The van der Waals surface area contributed by atoms with Crippen LogP contribution < -0.4 is 0 Å². The summed E-state index contributed by atoms with van der Waals surface area (Å²) in [6.07, 6.45) is 2.76. The van der Waals surface area contributed by atoms with Crippen LogP contribution >= 0.6 is 0 Å². The molecule has 0 aromatic heterocycles. The summed E-state index contributed by atoms with van der Waals surface area (Å²) in [7, 11) is 0. The van der Waals surface area contributed by atoms with Crippen molar-refractivity contribution in [1.29, 1.82) is 0 Å². The fourth-order valence-electron chi connectivity index (χ4n) is 3.70. The summed E-state index contributed by atoms with van der Waals surface area (Å²) in [6.45, 7) is 1.34. The Morgan fingerprint density at radius 3 is 2.05 bits per heavy atom. The van der Waals surface area contributed by atoms with Gasteiger partial charge in [-0.3, -0.25) is 9.59 Å². The maximum Gasteiger partial charge on any atom is 0.307 e. The van der Waals surface area contributed by atoms with E-state index in [1.165, 1.54) is 0 Å². The van der Waals surface area contributed by atoms with Gasteiger partial charge in [0, 0.05) is 0 Å². The molecule has 6 nitrogen and oxygen atoms in total. The van der Waals surface area contributed by atoms with Gasteiger partial charge in [-0.25, -0.2) is 0 Å². The average molecular weight is 284 g/mol. The van der Waals surface area contributed by atoms with Gasteiger partial charge in [0.2, 0.25) is 0 Å². The predicted octanol–water partition coefficient (Wildman–Crippen LogP) is 0.992. The molecule has 2 saturated heterocycles. The van der Waals surface area contributed by atoms with E-state index in [4.69, 9.17) is 9.47 Å². The molecule has 0 aromatic rings. The lowest BCUT2D eigenvalue weighted by Gasteiger charge is -2.39. The third-order valence-electron chi connectivity index (χ3n) is 4.84. The van der Waals surface area contributed by atoms with Crippen molar-refractivity contribution < 1.29 is 29.3 Å². The zero-order chi connectivity index (χ0) is 14.3. The van der Waals surface area contributed by atoms with Crippen LogP contribution in [-0.4, -0.2) is 47.6 Å². The van der Waals surface area contributed by atoms with Gasteiger partial charge >= 0.3 is 11.9 Å². The number of ether oxygens (including phenoxy) is 2.